The highest BCUT2D eigenvalue weighted by Gasteiger charge is 2.30. The molecule has 28 heavy (non-hydrogen) atoms. The van der Waals surface area contributed by atoms with Crippen LogP contribution in [0.5, 0.6) is 0 Å². The fourth-order valence-corrected chi connectivity index (χ4v) is 4.23. The number of aromatic nitrogens is 3. The number of carbonyl (C=O) groups is 2. The van der Waals surface area contributed by atoms with Gasteiger partial charge < -0.3 is 15.0 Å². The minimum absolute atomic E-state index is 0.129. The van der Waals surface area contributed by atoms with E-state index in [4.69, 9.17) is 4.74 Å². The van der Waals surface area contributed by atoms with E-state index in [9.17, 15) is 9.59 Å². The maximum atomic E-state index is 13.3. The summed E-state index contributed by atoms with van der Waals surface area (Å²) in [5.74, 6) is -0.129. The first-order chi connectivity index (χ1) is 13.7. The second kappa shape index (κ2) is 7.97. The van der Waals surface area contributed by atoms with Gasteiger partial charge in [-0.25, -0.2) is 14.3 Å². The van der Waals surface area contributed by atoms with Crippen LogP contribution in [0.15, 0.2) is 36.0 Å². The number of carbonyl (C=O) groups excluding carboxylic acids is 2. The molecule has 1 aliphatic heterocycles. The SMILES string of the molecule is CNC(=O)OCC1CCCCN1C(=O)c1cnn2c(-c3cccs3)ccnc12. The number of ether oxygens (including phenoxy) is 1. The van der Waals surface area contributed by atoms with Gasteiger partial charge in [-0.2, -0.15) is 5.10 Å². The van der Waals surface area contributed by atoms with Crippen LogP contribution in [0, 0.1) is 0 Å². The second-order valence-corrected chi connectivity index (χ2v) is 7.55. The van der Waals surface area contributed by atoms with Gasteiger partial charge in [-0.05, 0) is 36.8 Å². The Kier molecular flexibility index (Phi) is 5.25. The Balaban J connectivity index is 1.62. The van der Waals surface area contributed by atoms with E-state index in [0.717, 1.165) is 29.8 Å². The van der Waals surface area contributed by atoms with Crippen molar-refractivity contribution in [3.63, 3.8) is 0 Å². The Hall–Kier alpha value is -2.94. The van der Waals surface area contributed by atoms with E-state index in [1.165, 1.54) is 7.05 Å². The zero-order chi connectivity index (χ0) is 19.5. The number of hydrogen-bond donors (Lipinski definition) is 1. The van der Waals surface area contributed by atoms with E-state index in [-0.39, 0.29) is 18.6 Å². The number of likely N-dealkylation sites (tertiary alicyclic amines) is 1. The van der Waals surface area contributed by atoms with Crippen molar-refractivity contribution in [2.45, 2.75) is 25.3 Å². The largest absolute Gasteiger partial charge is 0.447 e. The van der Waals surface area contributed by atoms with Gasteiger partial charge in [-0.1, -0.05) is 6.07 Å². The zero-order valence-corrected chi connectivity index (χ0v) is 16.3. The van der Waals surface area contributed by atoms with Crippen molar-refractivity contribution in [1.82, 2.24) is 24.8 Å². The van der Waals surface area contributed by atoms with E-state index in [2.05, 4.69) is 15.4 Å². The molecular formula is C19H21N5O3S. The Labute approximate surface area is 166 Å². The average molecular weight is 399 g/mol. The molecule has 0 bridgehead atoms. The van der Waals surface area contributed by atoms with Gasteiger partial charge in [0.05, 0.1) is 22.8 Å². The van der Waals surface area contributed by atoms with Crippen molar-refractivity contribution >= 4 is 29.0 Å². The molecule has 1 saturated heterocycles. The Bertz CT molecular complexity index is 985. The first-order valence-electron chi connectivity index (χ1n) is 9.21. The smallest absolute Gasteiger partial charge is 0.406 e. The van der Waals surface area contributed by atoms with Crippen molar-refractivity contribution < 1.29 is 14.3 Å². The predicted molar refractivity (Wildman–Crippen MR) is 105 cm³/mol. The molecule has 1 N–H and O–H groups in total. The van der Waals surface area contributed by atoms with Crippen molar-refractivity contribution in [1.29, 1.82) is 0 Å². The number of nitrogens with zero attached hydrogens (tertiary/aromatic N) is 4. The summed E-state index contributed by atoms with van der Waals surface area (Å²) in [6, 6.07) is 5.74. The lowest BCUT2D eigenvalue weighted by Gasteiger charge is -2.35. The summed E-state index contributed by atoms with van der Waals surface area (Å²) in [5, 5.41) is 8.86. The second-order valence-electron chi connectivity index (χ2n) is 6.60. The first-order valence-corrected chi connectivity index (χ1v) is 10.1. The third kappa shape index (κ3) is 3.45. The topological polar surface area (TPSA) is 88.8 Å². The Morgan fingerprint density at radius 2 is 2.25 bits per heavy atom. The number of fused-ring (bicyclic) bond motifs is 1. The monoisotopic (exact) mass is 399 g/mol. The summed E-state index contributed by atoms with van der Waals surface area (Å²) >= 11 is 1.61. The molecule has 0 aliphatic carbocycles. The highest BCUT2D eigenvalue weighted by molar-refractivity contribution is 7.13. The summed E-state index contributed by atoms with van der Waals surface area (Å²) in [6.07, 6.45) is 5.51. The molecule has 0 saturated carbocycles. The van der Waals surface area contributed by atoms with E-state index in [0.29, 0.717) is 17.8 Å². The average Bonchev–Trinajstić information content (AvgIpc) is 3.41. The number of hydrogen-bond acceptors (Lipinski definition) is 6. The Morgan fingerprint density at radius 3 is 3.04 bits per heavy atom. The number of amides is 2. The van der Waals surface area contributed by atoms with Crippen LogP contribution in [0.3, 0.4) is 0 Å². The van der Waals surface area contributed by atoms with Gasteiger partial charge in [-0.15, -0.1) is 11.3 Å². The van der Waals surface area contributed by atoms with Crippen LogP contribution in [-0.4, -0.2) is 57.7 Å². The van der Waals surface area contributed by atoms with Crippen molar-refractivity contribution in [3.05, 3.63) is 41.5 Å². The summed E-state index contributed by atoms with van der Waals surface area (Å²) in [4.78, 5) is 31.9. The summed E-state index contributed by atoms with van der Waals surface area (Å²) in [6.45, 7) is 0.807. The normalized spacial score (nSPS) is 16.9. The van der Waals surface area contributed by atoms with Crippen LogP contribution < -0.4 is 5.32 Å². The maximum Gasteiger partial charge on any atom is 0.406 e. The van der Waals surface area contributed by atoms with E-state index in [1.807, 2.05) is 23.6 Å². The van der Waals surface area contributed by atoms with Crippen LogP contribution >= 0.6 is 11.3 Å². The van der Waals surface area contributed by atoms with Crippen molar-refractivity contribution in [2.24, 2.45) is 0 Å². The number of piperidine rings is 1. The fourth-order valence-electron chi connectivity index (χ4n) is 3.49. The predicted octanol–water partition coefficient (Wildman–Crippen LogP) is 2.81. The molecule has 1 aliphatic rings. The lowest BCUT2D eigenvalue weighted by Crippen LogP contribution is -2.46. The minimum atomic E-state index is -0.490. The first kappa shape index (κ1) is 18.4. The highest BCUT2D eigenvalue weighted by atomic mass is 32.1. The summed E-state index contributed by atoms with van der Waals surface area (Å²) in [5.41, 5.74) is 1.90. The fraction of sp³-hybridized carbons (Fsp3) is 0.368. The molecule has 0 aromatic carbocycles. The molecule has 0 radical (unpaired) electrons. The molecule has 1 atom stereocenters. The van der Waals surface area contributed by atoms with Gasteiger partial charge >= 0.3 is 6.09 Å². The van der Waals surface area contributed by atoms with Crippen LogP contribution in [0.4, 0.5) is 4.79 Å². The molecule has 9 heteroatoms. The molecule has 1 fully saturated rings. The van der Waals surface area contributed by atoms with E-state index in [1.54, 1.807) is 33.1 Å². The maximum absolute atomic E-state index is 13.3. The number of thiophene rings is 1. The number of nitrogens with one attached hydrogen (secondary N) is 1. The lowest BCUT2D eigenvalue weighted by molar-refractivity contribution is 0.0453. The molecule has 4 rings (SSSR count). The van der Waals surface area contributed by atoms with Gasteiger partial charge in [0.25, 0.3) is 5.91 Å². The lowest BCUT2D eigenvalue weighted by atomic mass is 10.0. The van der Waals surface area contributed by atoms with Gasteiger partial charge in [-0.3, -0.25) is 4.79 Å². The van der Waals surface area contributed by atoms with Crippen molar-refractivity contribution in [3.8, 4) is 10.6 Å². The van der Waals surface area contributed by atoms with Gasteiger partial charge in [0, 0.05) is 19.8 Å². The molecule has 3 aromatic rings. The van der Waals surface area contributed by atoms with Crippen LogP contribution in [-0.2, 0) is 4.74 Å². The molecule has 1 unspecified atom stereocenters. The number of alkyl carbamates (subject to hydrolysis) is 1. The third-order valence-corrected chi connectivity index (χ3v) is 5.80. The molecule has 4 heterocycles. The number of rotatable bonds is 4. The Morgan fingerprint density at radius 1 is 1.36 bits per heavy atom. The molecular weight excluding hydrogens is 378 g/mol. The standard InChI is InChI=1S/C19H21N5O3S/c1-20-19(26)27-12-13-5-2-3-9-23(13)18(25)14-11-22-24-15(7-8-21-17(14)24)16-6-4-10-28-16/h4,6-8,10-11,13H,2-3,5,9,12H2,1H3,(H,20,26). The van der Waals surface area contributed by atoms with Crippen LogP contribution in [0.1, 0.15) is 29.6 Å². The van der Waals surface area contributed by atoms with E-state index < -0.39 is 6.09 Å². The molecule has 2 amide bonds. The van der Waals surface area contributed by atoms with Crippen LogP contribution in [0.2, 0.25) is 0 Å². The quantitative estimate of drug-likeness (QED) is 0.729. The molecule has 146 valence electrons. The molecule has 0 spiro atoms. The van der Waals surface area contributed by atoms with Crippen LogP contribution in [0.25, 0.3) is 16.2 Å². The van der Waals surface area contributed by atoms with Crippen molar-refractivity contribution in [2.75, 3.05) is 20.2 Å². The minimum Gasteiger partial charge on any atom is -0.447 e. The zero-order valence-electron chi connectivity index (χ0n) is 15.5. The van der Waals surface area contributed by atoms with Gasteiger partial charge in [0.15, 0.2) is 5.65 Å². The summed E-state index contributed by atoms with van der Waals surface area (Å²) in [7, 11) is 1.52. The summed E-state index contributed by atoms with van der Waals surface area (Å²) < 4.78 is 6.91. The van der Waals surface area contributed by atoms with Gasteiger partial charge in [0.2, 0.25) is 0 Å². The highest BCUT2D eigenvalue weighted by Crippen LogP contribution is 2.27. The van der Waals surface area contributed by atoms with E-state index >= 15 is 0 Å². The molecule has 8 nitrogen and oxygen atoms in total. The third-order valence-electron chi connectivity index (χ3n) is 4.90. The van der Waals surface area contributed by atoms with Gasteiger partial charge in [0.1, 0.15) is 12.2 Å². The molecule has 3 aromatic heterocycles.